The maximum absolute atomic E-state index is 12.9. The maximum atomic E-state index is 12.9. The summed E-state index contributed by atoms with van der Waals surface area (Å²) in [6, 6.07) is 5.62. The molecule has 0 aliphatic heterocycles. The number of carbonyl (C=O) groups excluding carboxylic acids is 1. The van der Waals surface area contributed by atoms with Gasteiger partial charge in [0.1, 0.15) is 5.82 Å². The highest BCUT2D eigenvalue weighted by Crippen LogP contribution is 2.07. The topological polar surface area (TPSA) is 34.9 Å². The summed E-state index contributed by atoms with van der Waals surface area (Å²) in [5.41, 5.74) is 1.17. The zero-order valence-electron chi connectivity index (χ0n) is 9.30. The van der Waals surface area contributed by atoms with Crippen molar-refractivity contribution in [1.29, 1.82) is 0 Å². The van der Waals surface area contributed by atoms with Crippen molar-refractivity contribution < 1.29 is 9.18 Å². The fraction of sp³-hybridized carbons (Fsp3) is 0.0769. The molecule has 0 saturated heterocycles. The van der Waals surface area contributed by atoms with Gasteiger partial charge in [-0.1, -0.05) is 12.1 Å². The van der Waals surface area contributed by atoms with Gasteiger partial charge in [0.25, 0.3) is 0 Å². The van der Waals surface area contributed by atoms with Gasteiger partial charge in [0.2, 0.25) is 0 Å². The summed E-state index contributed by atoms with van der Waals surface area (Å²) in [4.78, 5) is 11.7. The largest absolute Gasteiger partial charge is 0.289 e. The van der Waals surface area contributed by atoms with Crippen molar-refractivity contribution in [2.45, 2.75) is 0 Å². The van der Waals surface area contributed by atoms with E-state index >= 15 is 0 Å². The molecule has 0 saturated carbocycles. The molecule has 0 N–H and O–H groups in total. The molecule has 0 aliphatic carbocycles. The summed E-state index contributed by atoms with van der Waals surface area (Å²) < 4.78 is 14.5. The van der Waals surface area contributed by atoms with Crippen LogP contribution in [0.1, 0.15) is 15.9 Å². The van der Waals surface area contributed by atoms with Crippen molar-refractivity contribution in [3.05, 3.63) is 59.7 Å². The Balaban J connectivity index is 2.14. The first-order chi connectivity index (χ1) is 8.15. The molecule has 1 aromatic heterocycles. The maximum Gasteiger partial charge on any atom is 0.185 e. The molecule has 1 heterocycles. The van der Waals surface area contributed by atoms with E-state index in [4.69, 9.17) is 0 Å². The van der Waals surface area contributed by atoms with Crippen molar-refractivity contribution in [3.63, 3.8) is 0 Å². The lowest BCUT2D eigenvalue weighted by Gasteiger charge is -1.94. The third kappa shape index (κ3) is 2.87. The normalized spacial score (nSPS) is 10.9. The SMILES string of the molecule is Cn1cc(C=CC(=O)c2cccc(F)c2)cn1. The summed E-state index contributed by atoms with van der Waals surface area (Å²) in [5.74, 6) is -0.640. The van der Waals surface area contributed by atoms with E-state index in [9.17, 15) is 9.18 Å². The summed E-state index contributed by atoms with van der Waals surface area (Å²) in [7, 11) is 1.80. The molecule has 86 valence electrons. The van der Waals surface area contributed by atoms with Crippen LogP contribution in [0.2, 0.25) is 0 Å². The number of benzene rings is 1. The molecule has 0 atom stereocenters. The number of nitrogens with zero attached hydrogens (tertiary/aromatic N) is 2. The van der Waals surface area contributed by atoms with E-state index in [0.717, 1.165) is 5.56 Å². The standard InChI is InChI=1S/C13H11FN2O/c1-16-9-10(8-15-16)5-6-13(17)11-3-2-4-12(14)7-11/h2-9H,1H3. The molecule has 2 rings (SSSR count). The highest BCUT2D eigenvalue weighted by molar-refractivity contribution is 6.06. The summed E-state index contributed by atoms with van der Waals surface area (Å²) in [6.07, 6.45) is 6.50. The molecule has 4 heteroatoms. The van der Waals surface area contributed by atoms with Gasteiger partial charge in [-0.15, -0.1) is 0 Å². The van der Waals surface area contributed by atoms with Gasteiger partial charge in [0.05, 0.1) is 6.20 Å². The Morgan fingerprint density at radius 3 is 2.94 bits per heavy atom. The van der Waals surface area contributed by atoms with Crippen LogP contribution in [0.3, 0.4) is 0 Å². The van der Waals surface area contributed by atoms with Crippen molar-refractivity contribution in [3.8, 4) is 0 Å². The van der Waals surface area contributed by atoms with Crippen molar-refractivity contribution in [2.24, 2.45) is 7.05 Å². The predicted octanol–water partition coefficient (Wildman–Crippen LogP) is 2.46. The first-order valence-corrected chi connectivity index (χ1v) is 5.12. The molecular weight excluding hydrogens is 219 g/mol. The molecule has 0 fully saturated rings. The zero-order chi connectivity index (χ0) is 12.3. The minimum atomic E-state index is -0.411. The second kappa shape index (κ2) is 4.74. The molecular formula is C13H11FN2O. The molecule has 0 bridgehead atoms. The fourth-order valence-corrected chi connectivity index (χ4v) is 1.44. The molecule has 0 amide bonds. The second-order valence-corrected chi connectivity index (χ2v) is 3.66. The fourth-order valence-electron chi connectivity index (χ4n) is 1.44. The van der Waals surface area contributed by atoms with Crippen LogP contribution in [-0.4, -0.2) is 15.6 Å². The van der Waals surface area contributed by atoms with Crippen LogP contribution in [0.5, 0.6) is 0 Å². The van der Waals surface area contributed by atoms with Crippen molar-refractivity contribution in [2.75, 3.05) is 0 Å². The van der Waals surface area contributed by atoms with Crippen LogP contribution in [0, 0.1) is 5.82 Å². The molecule has 1 aromatic carbocycles. The minimum Gasteiger partial charge on any atom is -0.289 e. The molecule has 17 heavy (non-hydrogen) atoms. The molecule has 2 aromatic rings. The Labute approximate surface area is 98.2 Å². The summed E-state index contributed by atoms with van der Waals surface area (Å²) in [6.45, 7) is 0. The van der Waals surface area contributed by atoms with Gasteiger partial charge in [-0.05, 0) is 24.3 Å². The average molecular weight is 230 g/mol. The highest BCUT2D eigenvalue weighted by Gasteiger charge is 2.02. The number of hydrogen-bond donors (Lipinski definition) is 0. The number of rotatable bonds is 3. The minimum absolute atomic E-state index is 0.228. The Morgan fingerprint density at radius 2 is 2.29 bits per heavy atom. The smallest absolute Gasteiger partial charge is 0.185 e. The van der Waals surface area contributed by atoms with Crippen LogP contribution >= 0.6 is 0 Å². The number of aromatic nitrogens is 2. The number of allylic oxidation sites excluding steroid dienone is 1. The van der Waals surface area contributed by atoms with Crippen molar-refractivity contribution >= 4 is 11.9 Å². The Bertz CT molecular complexity index is 572. The van der Waals surface area contributed by atoms with Crippen LogP contribution in [0.25, 0.3) is 6.08 Å². The van der Waals surface area contributed by atoms with E-state index in [-0.39, 0.29) is 5.78 Å². The van der Waals surface area contributed by atoms with Crippen molar-refractivity contribution in [1.82, 2.24) is 9.78 Å². The Kier molecular flexibility index (Phi) is 3.14. The van der Waals surface area contributed by atoms with E-state index in [1.807, 2.05) is 0 Å². The van der Waals surface area contributed by atoms with E-state index in [1.54, 1.807) is 36.3 Å². The zero-order valence-corrected chi connectivity index (χ0v) is 9.30. The Hall–Kier alpha value is -2.23. The average Bonchev–Trinajstić information content (AvgIpc) is 2.72. The third-order valence-corrected chi connectivity index (χ3v) is 2.26. The van der Waals surface area contributed by atoms with Crippen LogP contribution in [-0.2, 0) is 7.05 Å². The number of aryl methyl sites for hydroxylation is 1. The number of carbonyl (C=O) groups is 1. The highest BCUT2D eigenvalue weighted by atomic mass is 19.1. The van der Waals surface area contributed by atoms with Crippen LogP contribution in [0.4, 0.5) is 4.39 Å². The first kappa shape index (κ1) is 11.3. The van der Waals surface area contributed by atoms with E-state index in [0.29, 0.717) is 5.56 Å². The predicted molar refractivity (Wildman–Crippen MR) is 63.0 cm³/mol. The van der Waals surface area contributed by atoms with Gasteiger partial charge in [-0.3, -0.25) is 9.48 Å². The lowest BCUT2D eigenvalue weighted by molar-refractivity contribution is 0.104. The molecule has 3 nitrogen and oxygen atoms in total. The van der Waals surface area contributed by atoms with E-state index in [1.165, 1.54) is 24.3 Å². The summed E-state index contributed by atoms with van der Waals surface area (Å²) in [5, 5.41) is 3.98. The van der Waals surface area contributed by atoms with Gasteiger partial charge >= 0.3 is 0 Å². The quantitative estimate of drug-likeness (QED) is 0.599. The first-order valence-electron chi connectivity index (χ1n) is 5.12. The van der Waals surface area contributed by atoms with E-state index < -0.39 is 5.82 Å². The number of hydrogen-bond acceptors (Lipinski definition) is 2. The van der Waals surface area contributed by atoms with Gasteiger partial charge in [-0.25, -0.2) is 4.39 Å². The second-order valence-electron chi connectivity index (χ2n) is 3.66. The lowest BCUT2D eigenvalue weighted by Crippen LogP contribution is -1.94. The van der Waals surface area contributed by atoms with Gasteiger partial charge < -0.3 is 0 Å². The third-order valence-electron chi connectivity index (χ3n) is 2.26. The molecule has 0 aliphatic rings. The number of halogens is 1. The monoisotopic (exact) mass is 230 g/mol. The lowest BCUT2D eigenvalue weighted by atomic mass is 10.1. The Morgan fingerprint density at radius 1 is 1.47 bits per heavy atom. The van der Waals surface area contributed by atoms with E-state index in [2.05, 4.69) is 5.10 Å². The van der Waals surface area contributed by atoms with Crippen LogP contribution in [0.15, 0.2) is 42.7 Å². The molecule has 0 spiro atoms. The molecule has 0 radical (unpaired) electrons. The van der Waals surface area contributed by atoms with Gasteiger partial charge in [-0.2, -0.15) is 5.10 Å². The van der Waals surface area contributed by atoms with Crippen LogP contribution < -0.4 is 0 Å². The van der Waals surface area contributed by atoms with Gasteiger partial charge in [0.15, 0.2) is 5.78 Å². The van der Waals surface area contributed by atoms with Gasteiger partial charge in [0, 0.05) is 24.4 Å². The number of ketones is 1. The summed E-state index contributed by atoms with van der Waals surface area (Å²) >= 11 is 0. The molecule has 0 unspecified atom stereocenters.